The first-order valence-electron chi connectivity index (χ1n) is 7.82. The Kier molecular flexibility index (Phi) is 5.36. The predicted octanol–water partition coefficient (Wildman–Crippen LogP) is 5.25. The summed E-state index contributed by atoms with van der Waals surface area (Å²) in [6, 6.07) is 11.2. The molecule has 0 spiro atoms. The molecule has 1 heterocycles. The normalized spacial score (nSPS) is 11.3. The maximum absolute atomic E-state index is 13.0. The van der Waals surface area contributed by atoms with Gasteiger partial charge in [0.05, 0.1) is 29.7 Å². The molecule has 9 heteroatoms. The third-order valence-corrected chi connectivity index (χ3v) is 3.88. The molecule has 0 aliphatic heterocycles. The number of amides is 2. The molecule has 0 bridgehead atoms. The number of nitrogens with zero attached hydrogens (tertiary/aromatic N) is 2. The van der Waals surface area contributed by atoms with E-state index in [2.05, 4.69) is 15.7 Å². The van der Waals surface area contributed by atoms with Gasteiger partial charge in [-0.1, -0.05) is 35.9 Å². The summed E-state index contributed by atoms with van der Waals surface area (Å²) in [5.41, 5.74) is 0.0678. The number of alkyl halides is 3. The van der Waals surface area contributed by atoms with Crippen molar-refractivity contribution in [1.82, 2.24) is 9.78 Å². The number of carbonyl (C=O) groups excluding carboxylic acids is 1. The van der Waals surface area contributed by atoms with Gasteiger partial charge in [0.2, 0.25) is 0 Å². The van der Waals surface area contributed by atoms with Crippen molar-refractivity contribution in [2.75, 3.05) is 10.6 Å². The third kappa shape index (κ3) is 5.01. The molecule has 0 saturated carbocycles. The van der Waals surface area contributed by atoms with Crippen molar-refractivity contribution in [3.8, 4) is 0 Å². The molecule has 0 unspecified atom stereocenters. The van der Waals surface area contributed by atoms with E-state index in [-0.39, 0.29) is 5.69 Å². The Hall–Kier alpha value is -3.00. The van der Waals surface area contributed by atoms with Gasteiger partial charge in [-0.3, -0.25) is 4.68 Å². The van der Waals surface area contributed by atoms with Crippen LogP contribution >= 0.6 is 11.6 Å². The smallest absolute Gasteiger partial charge is 0.307 e. The fourth-order valence-corrected chi connectivity index (χ4v) is 2.54. The SMILES string of the molecule is O=C(Nc1cnn(Cc2ccc(Cl)cc2)c1)Nc1ccccc1C(F)(F)F. The molecule has 27 heavy (non-hydrogen) atoms. The van der Waals surface area contributed by atoms with E-state index in [1.54, 1.807) is 23.0 Å². The average molecular weight is 395 g/mol. The van der Waals surface area contributed by atoms with Crippen LogP contribution in [0.3, 0.4) is 0 Å². The van der Waals surface area contributed by atoms with E-state index in [1.807, 2.05) is 12.1 Å². The minimum Gasteiger partial charge on any atom is -0.307 e. The van der Waals surface area contributed by atoms with Crippen molar-refractivity contribution in [1.29, 1.82) is 0 Å². The van der Waals surface area contributed by atoms with Crippen LogP contribution in [-0.2, 0) is 12.7 Å². The molecule has 2 aromatic carbocycles. The first-order chi connectivity index (χ1) is 12.8. The molecule has 3 rings (SSSR count). The van der Waals surface area contributed by atoms with Gasteiger partial charge < -0.3 is 10.6 Å². The zero-order valence-electron chi connectivity index (χ0n) is 13.8. The highest BCUT2D eigenvalue weighted by Crippen LogP contribution is 2.34. The summed E-state index contributed by atoms with van der Waals surface area (Å²) in [5, 5.41) is 9.41. The highest BCUT2D eigenvalue weighted by atomic mass is 35.5. The first-order valence-corrected chi connectivity index (χ1v) is 8.20. The van der Waals surface area contributed by atoms with Gasteiger partial charge in [-0.25, -0.2) is 4.79 Å². The van der Waals surface area contributed by atoms with E-state index in [9.17, 15) is 18.0 Å². The molecule has 0 atom stereocenters. The Balaban J connectivity index is 1.64. The van der Waals surface area contributed by atoms with E-state index < -0.39 is 17.8 Å². The van der Waals surface area contributed by atoms with Crippen LogP contribution in [0.5, 0.6) is 0 Å². The van der Waals surface area contributed by atoms with Gasteiger partial charge in [0.15, 0.2) is 0 Å². The van der Waals surface area contributed by atoms with Gasteiger partial charge in [-0.15, -0.1) is 0 Å². The molecule has 0 saturated heterocycles. The summed E-state index contributed by atoms with van der Waals surface area (Å²) >= 11 is 5.83. The molecular weight excluding hydrogens is 381 g/mol. The quantitative estimate of drug-likeness (QED) is 0.635. The molecule has 1 aromatic heterocycles. The van der Waals surface area contributed by atoms with Crippen LogP contribution in [-0.4, -0.2) is 15.8 Å². The maximum atomic E-state index is 13.0. The monoisotopic (exact) mass is 394 g/mol. The lowest BCUT2D eigenvalue weighted by Crippen LogP contribution is -2.21. The number of rotatable bonds is 4. The number of nitrogens with one attached hydrogen (secondary N) is 2. The number of hydrogen-bond donors (Lipinski definition) is 2. The summed E-state index contributed by atoms with van der Waals surface area (Å²) in [7, 11) is 0. The van der Waals surface area contributed by atoms with Crippen molar-refractivity contribution < 1.29 is 18.0 Å². The highest BCUT2D eigenvalue weighted by molar-refractivity contribution is 6.30. The van der Waals surface area contributed by atoms with Crippen molar-refractivity contribution in [2.45, 2.75) is 12.7 Å². The van der Waals surface area contributed by atoms with Crippen LogP contribution in [0.1, 0.15) is 11.1 Å². The fourth-order valence-electron chi connectivity index (χ4n) is 2.42. The Morgan fingerprint density at radius 2 is 1.78 bits per heavy atom. The topological polar surface area (TPSA) is 59.0 Å². The number of anilines is 2. The number of urea groups is 1. The van der Waals surface area contributed by atoms with Crippen molar-refractivity contribution >= 4 is 29.0 Å². The van der Waals surface area contributed by atoms with Crippen molar-refractivity contribution in [2.24, 2.45) is 0 Å². The highest BCUT2D eigenvalue weighted by Gasteiger charge is 2.33. The fraction of sp³-hybridized carbons (Fsp3) is 0.111. The van der Waals surface area contributed by atoms with Gasteiger partial charge in [-0.05, 0) is 29.8 Å². The number of benzene rings is 2. The number of hydrogen-bond acceptors (Lipinski definition) is 2. The number of aromatic nitrogens is 2. The lowest BCUT2D eigenvalue weighted by atomic mass is 10.1. The number of carbonyl (C=O) groups is 1. The lowest BCUT2D eigenvalue weighted by Gasteiger charge is -2.13. The number of para-hydroxylation sites is 1. The van der Waals surface area contributed by atoms with E-state index in [1.165, 1.54) is 24.4 Å². The van der Waals surface area contributed by atoms with Crippen LogP contribution in [0.25, 0.3) is 0 Å². The van der Waals surface area contributed by atoms with E-state index in [4.69, 9.17) is 11.6 Å². The van der Waals surface area contributed by atoms with Gasteiger partial charge in [0.25, 0.3) is 0 Å². The van der Waals surface area contributed by atoms with Crippen LogP contribution in [0.4, 0.5) is 29.3 Å². The minimum absolute atomic E-state index is 0.323. The summed E-state index contributed by atoms with van der Waals surface area (Å²) in [4.78, 5) is 12.0. The Morgan fingerprint density at radius 3 is 2.48 bits per heavy atom. The standard InChI is InChI=1S/C18H14ClF3N4O/c19-13-7-5-12(6-8-13)10-26-11-14(9-23-26)24-17(27)25-16-4-2-1-3-15(16)18(20,21)22/h1-9,11H,10H2,(H2,24,25,27). The summed E-state index contributed by atoms with van der Waals surface area (Å²) in [6.07, 6.45) is -1.58. The molecule has 3 aromatic rings. The summed E-state index contributed by atoms with van der Waals surface area (Å²) in [5.74, 6) is 0. The number of halogens is 4. The van der Waals surface area contributed by atoms with E-state index in [0.29, 0.717) is 17.3 Å². The second kappa shape index (κ2) is 7.71. The van der Waals surface area contributed by atoms with Crippen molar-refractivity contribution in [3.05, 3.63) is 77.1 Å². The largest absolute Gasteiger partial charge is 0.418 e. The molecule has 140 valence electrons. The van der Waals surface area contributed by atoms with Crippen molar-refractivity contribution in [3.63, 3.8) is 0 Å². The summed E-state index contributed by atoms with van der Waals surface area (Å²) < 4.78 is 40.5. The second-order valence-electron chi connectivity index (χ2n) is 5.68. The Morgan fingerprint density at radius 1 is 1.07 bits per heavy atom. The minimum atomic E-state index is -4.56. The Bertz CT molecular complexity index is 938. The van der Waals surface area contributed by atoms with Crippen LogP contribution < -0.4 is 10.6 Å². The zero-order chi connectivity index (χ0) is 19.4. The van der Waals surface area contributed by atoms with Crippen LogP contribution in [0, 0.1) is 0 Å². The molecule has 5 nitrogen and oxygen atoms in total. The molecule has 0 aliphatic rings. The summed E-state index contributed by atoms with van der Waals surface area (Å²) in [6.45, 7) is 0.456. The zero-order valence-corrected chi connectivity index (χ0v) is 14.6. The average Bonchev–Trinajstić information content (AvgIpc) is 3.03. The molecule has 0 aliphatic carbocycles. The van der Waals surface area contributed by atoms with Crippen LogP contribution in [0.15, 0.2) is 60.9 Å². The third-order valence-electron chi connectivity index (χ3n) is 3.63. The van der Waals surface area contributed by atoms with Gasteiger partial charge in [-0.2, -0.15) is 18.3 Å². The van der Waals surface area contributed by atoms with E-state index >= 15 is 0 Å². The molecular formula is C18H14ClF3N4O. The van der Waals surface area contributed by atoms with E-state index in [0.717, 1.165) is 11.6 Å². The van der Waals surface area contributed by atoms with Gasteiger partial charge >= 0.3 is 12.2 Å². The van der Waals surface area contributed by atoms with Gasteiger partial charge in [0, 0.05) is 11.2 Å². The molecule has 2 amide bonds. The van der Waals surface area contributed by atoms with Crippen LogP contribution in [0.2, 0.25) is 5.02 Å². The van der Waals surface area contributed by atoms with Gasteiger partial charge in [0.1, 0.15) is 0 Å². The molecule has 0 radical (unpaired) electrons. The Labute approximate surface area is 157 Å². The second-order valence-corrected chi connectivity index (χ2v) is 6.11. The lowest BCUT2D eigenvalue weighted by molar-refractivity contribution is -0.136. The molecule has 2 N–H and O–H groups in total. The molecule has 0 fully saturated rings. The first kappa shape index (κ1) is 18.8. The maximum Gasteiger partial charge on any atom is 0.418 e. The predicted molar refractivity (Wildman–Crippen MR) is 96.9 cm³/mol.